The van der Waals surface area contributed by atoms with Crippen LogP contribution in [0.1, 0.15) is 92.6 Å². The number of carbonyl (C=O) groups excluding carboxylic acids is 9. The minimum Gasteiger partial charge on any atom is -0.494 e. The molecule has 7 rings (SSSR count). The molecule has 0 saturated carbocycles. The average molecular weight is 1240 g/mol. The van der Waals surface area contributed by atoms with E-state index in [-0.39, 0.29) is 102 Å². The Bertz CT molecular complexity index is 4010. The number of primary amides is 2. The molecule has 2 atom stereocenters. The van der Waals surface area contributed by atoms with E-state index in [9.17, 15) is 60.0 Å². The molecule has 0 unspecified atom stereocenters. The van der Waals surface area contributed by atoms with Crippen LogP contribution >= 0.6 is 0 Å². The lowest BCUT2D eigenvalue weighted by atomic mass is 9.94. The molecule has 6 aromatic rings. The van der Waals surface area contributed by atoms with Crippen LogP contribution in [0.5, 0.6) is 11.5 Å². The van der Waals surface area contributed by atoms with Gasteiger partial charge in [-0.15, -0.1) is 0 Å². The highest BCUT2D eigenvalue weighted by Crippen LogP contribution is 2.33. The quantitative estimate of drug-likeness (QED) is 0.0202. The van der Waals surface area contributed by atoms with E-state index in [1.807, 2.05) is 13.8 Å². The molecule has 0 spiro atoms. The van der Waals surface area contributed by atoms with Crippen molar-refractivity contribution in [1.29, 1.82) is 0 Å². The second kappa shape index (κ2) is 27.6. The Morgan fingerprint density at radius 2 is 1.17 bits per heavy atom. The van der Waals surface area contributed by atoms with E-state index in [2.05, 4.69) is 36.4 Å². The summed E-state index contributed by atoms with van der Waals surface area (Å²) in [6.45, 7) is 6.84. The third-order valence-electron chi connectivity index (χ3n) is 13.7. The number of Topliss-reactive ketones (excluding diaryl/α,β-unsaturated/α-hetero) is 1. The van der Waals surface area contributed by atoms with Crippen LogP contribution in [0, 0.1) is 19.8 Å². The van der Waals surface area contributed by atoms with Gasteiger partial charge in [0.2, 0.25) is 35.5 Å². The van der Waals surface area contributed by atoms with Gasteiger partial charge in [0.1, 0.15) is 60.1 Å². The number of allylic oxidation sites excluding steroid dienone is 2. The molecule has 87 heavy (non-hydrogen) atoms. The first-order valence-electron chi connectivity index (χ1n) is 27.3. The predicted octanol–water partition coefficient (Wildman–Crippen LogP) is 1.14. The van der Waals surface area contributed by atoms with E-state index in [1.165, 1.54) is 40.7 Å². The number of fused-ring (bicyclic) bond motifs is 2. The smallest absolute Gasteiger partial charge is 0.276 e. The molecule has 2 aromatic carbocycles. The van der Waals surface area contributed by atoms with Gasteiger partial charge >= 0.3 is 0 Å². The van der Waals surface area contributed by atoms with Crippen molar-refractivity contribution in [3.05, 3.63) is 94.6 Å². The Kier molecular flexibility index (Phi) is 20.6. The monoisotopic (exact) mass is 1240 g/mol. The summed E-state index contributed by atoms with van der Waals surface area (Å²) < 4.78 is 67.2. The van der Waals surface area contributed by atoms with Crippen molar-refractivity contribution in [1.82, 2.24) is 54.2 Å². The maximum absolute atomic E-state index is 14.0. The lowest BCUT2D eigenvalue weighted by Crippen LogP contribution is -2.48. The minimum absolute atomic E-state index is 0.00584. The van der Waals surface area contributed by atoms with Crippen LogP contribution < -0.4 is 42.2 Å². The molecule has 1 aliphatic rings. The molecular weight excluding hydrogens is 1170 g/mol. The van der Waals surface area contributed by atoms with Gasteiger partial charge in [-0.3, -0.25) is 68.0 Å². The van der Waals surface area contributed by atoms with Crippen LogP contribution in [-0.4, -0.2) is 170 Å². The predicted molar refractivity (Wildman–Crippen MR) is 316 cm³/mol. The number of benzene rings is 2. The molecule has 0 saturated heterocycles. The third kappa shape index (κ3) is 16.4. The van der Waals surface area contributed by atoms with Gasteiger partial charge in [-0.1, -0.05) is 12.2 Å². The first kappa shape index (κ1) is 65.0. The summed E-state index contributed by atoms with van der Waals surface area (Å²) in [5.74, 6) is -8.78. The highest BCUT2D eigenvalue weighted by molar-refractivity contribution is 7.90. The second-order valence-electron chi connectivity index (χ2n) is 20.5. The van der Waals surface area contributed by atoms with Crippen LogP contribution in [0.25, 0.3) is 22.1 Å². The first-order valence-corrected chi connectivity index (χ1v) is 31.4. The van der Waals surface area contributed by atoms with Gasteiger partial charge < -0.3 is 40.7 Å². The first-order chi connectivity index (χ1) is 41.1. The standard InChI is InChI=1S/C55H67N15O15S2/c1-8-69-39(23-31(3)64-69)52(78)62-54-60-37-25-34(49(56)75)28-42(84-5)47(37)66(54)18-10-11-19-67-48-38(61-55(67)63-53(79)40-24-32(4)65-70(40)9-2)26-35(50(57)76)29-43(48)85-20-12-17-58-51(77)33(15-21-86(6,80)81)27-41(71)36(16-22-87(7,82)83)59-44(72)30-68-45(73)13-14-46(68)74/h10-11,13-14,23-26,28-29,33,36H,8-9,12,15-22,27,30H2,1-7H3,(H2,56,75)(H2,57,76)(H,58,77)(H,59,72)(H,60,62,78)(H,61,63,79)/b11-10+/t33-,36+/m1/s1. The molecular formula is C55H67N15O15S2. The van der Waals surface area contributed by atoms with E-state index in [0.29, 0.717) is 34.9 Å². The molecule has 0 aliphatic carbocycles. The second-order valence-corrected chi connectivity index (χ2v) is 25.0. The number of methoxy groups -OCH3 is 1. The summed E-state index contributed by atoms with van der Waals surface area (Å²) >= 11 is 0. The fourth-order valence-corrected chi connectivity index (χ4v) is 10.9. The van der Waals surface area contributed by atoms with E-state index >= 15 is 0 Å². The number of imidazole rings is 2. The molecule has 0 fully saturated rings. The number of imide groups is 1. The number of hydrogen-bond donors (Lipinski definition) is 6. The fourth-order valence-electron chi connectivity index (χ4n) is 9.48. The van der Waals surface area contributed by atoms with Gasteiger partial charge in [0.25, 0.3) is 23.6 Å². The van der Waals surface area contributed by atoms with Gasteiger partial charge in [-0.2, -0.15) is 10.2 Å². The number of nitrogens with zero attached hydrogens (tertiary/aromatic N) is 9. The normalized spacial score (nSPS) is 13.3. The topological polar surface area (TPSA) is 415 Å². The lowest BCUT2D eigenvalue weighted by Gasteiger charge is -2.22. The zero-order valence-electron chi connectivity index (χ0n) is 48.7. The Labute approximate surface area is 498 Å². The summed E-state index contributed by atoms with van der Waals surface area (Å²) in [7, 11) is -5.98. The van der Waals surface area contributed by atoms with Gasteiger partial charge in [0.15, 0.2) is 5.78 Å². The summed E-state index contributed by atoms with van der Waals surface area (Å²) in [6.07, 6.45) is 5.85. The molecule has 5 heterocycles. The number of carbonyl (C=O) groups is 9. The van der Waals surface area contributed by atoms with Crippen LogP contribution in [-0.2, 0) is 69.8 Å². The molecule has 8 N–H and O–H groups in total. The zero-order valence-corrected chi connectivity index (χ0v) is 50.4. The van der Waals surface area contributed by atoms with Crippen LogP contribution in [0.3, 0.4) is 0 Å². The van der Waals surface area contributed by atoms with Crippen molar-refractivity contribution in [2.75, 3.05) is 61.5 Å². The summed E-state index contributed by atoms with van der Waals surface area (Å²) in [5.41, 5.74) is 14.3. The van der Waals surface area contributed by atoms with Gasteiger partial charge in [-0.05, 0) is 83.4 Å². The fraction of sp³-hybridized carbons (Fsp3) is 0.400. The number of sulfone groups is 2. The molecule has 4 aromatic heterocycles. The van der Waals surface area contributed by atoms with Crippen molar-refractivity contribution in [2.24, 2.45) is 17.4 Å². The number of nitrogens with two attached hydrogens (primary N) is 2. The molecule has 32 heteroatoms. The van der Waals surface area contributed by atoms with Crippen LogP contribution in [0.4, 0.5) is 11.9 Å². The molecule has 30 nitrogen and oxygen atoms in total. The van der Waals surface area contributed by atoms with E-state index < -0.39 is 116 Å². The number of rotatable bonds is 31. The highest BCUT2D eigenvalue weighted by atomic mass is 32.2. The number of hydrogen-bond acceptors (Lipinski definition) is 19. The Balaban J connectivity index is 1.15. The highest BCUT2D eigenvalue weighted by Gasteiger charge is 2.32. The largest absolute Gasteiger partial charge is 0.494 e. The Morgan fingerprint density at radius 3 is 1.64 bits per heavy atom. The van der Waals surface area contributed by atoms with Crippen molar-refractivity contribution in [3.8, 4) is 11.5 Å². The molecule has 1 aliphatic heterocycles. The maximum atomic E-state index is 14.0. The summed E-state index contributed by atoms with van der Waals surface area (Å²) in [6, 6.07) is 7.42. The van der Waals surface area contributed by atoms with Crippen molar-refractivity contribution in [2.45, 2.75) is 85.6 Å². The number of aromatic nitrogens is 8. The van der Waals surface area contributed by atoms with Gasteiger partial charge in [-0.25, -0.2) is 26.8 Å². The molecule has 0 bridgehead atoms. The van der Waals surface area contributed by atoms with Crippen molar-refractivity contribution >= 4 is 107 Å². The maximum Gasteiger partial charge on any atom is 0.276 e. The Hall–Kier alpha value is -9.59. The van der Waals surface area contributed by atoms with Gasteiger partial charge in [0, 0.05) is 80.9 Å². The molecule has 464 valence electrons. The number of amides is 8. The number of aryl methyl sites for hydroxylation is 4. The average Bonchev–Trinajstić information content (AvgIpc) is 1.82. The van der Waals surface area contributed by atoms with Crippen molar-refractivity contribution < 1.29 is 69.5 Å². The summed E-state index contributed by atoms with van der Waals surface area (Å²) in [5, 5.41) is 19.5. The Morgan fingerprint density at radius 1 is 0.690 bits per heavy atom. The molecule has 0 radical (unpaired) electrons. The van der Waals surface area contributed by atoms with Gasteiger partial charge in [0.05, 0.1) is 53.7 Å². The van der Waals surface area contributed by atoms with Crippen LogP contribution in [0.15, 0.2) is 60.7 Å². The van der Waals surface area contributed by atoms with E-state index in [0.717, 1.165) is 24.7 Å². The summed E-state index contributed by atoms with van der Waals surface area (Å²) in [4.78, 5) is 128. The number of ether oxygens (including phenoxy) is 2. The SMILES string of the molecule is CCn1nc(C)cc1C(=O)Nc1nc2cc(C(N)=O)cc(OC)c2n1C/C=C/Cn1c(NC(=O)c2cc(C)nn2CC)nc2cc(C(N)=O)cc(OCCCNC(=O)[C@H](CCS(C)(=O)=O)CC(=O)[C@H](CCS(C)(=O)=O)NC(=O)CN3C(=O)C=CC3=O)c21. The lowest BCUT2D eigenvalue weighted by molar-refractivity contribution is -0.141. The minimum atomic E-state index is -3.70. The van der Waals surface area contributed by atoms with E-state index in [4.69, 9.17) is 25.9 Å². The van der Waals surface area contributed by atoms with Crippen LogP contribution in [0.2, 0.25) is 0 Å². The number of nitrogens with one attached hydrogen (secondary N) is 4. The third-order valence-corrected chi connectivity index (χ3v) is 15.7. The van der Waals surface area contributed by atoms with E-state index in [1.54, 1.807) is 47.3 Å². The zero-order chi connectivity index (χ0) is 63.7. The number of anilines is 2. The number of ketones is 1. The van der Waals surface area contributed by atoms with Crippen molar-refractivity contribution in [3.63, 3.8) is 0 Å². The molecule has 8 amide bonds.